The topological polar surface area (TPSA) is 21.3 Å². The fraction of sp³-hybridized carbons (Fsp3) is 1.00. The van der Waals surface area contributed by atoms with E-state index in [0.29, 0.717) is 6.04 Å². The third kappa shape index (κ3) is 2.90. The van der Waals surface area contributed by atoms with E-state index in [1.807, 2.05) is 11.8 Å². The smallest absolute Gasteiger partial charge is 0.0623 e. The van der Waals surface area contributed by atoms with Gasteiger partial charge in [-0.15, -0.1) is 0 Å². The highest BCUT2D eigenvalue weighted by Crippen LogP contribution is 2.08. The molecule has 0 aromatic rings. The van der Waals surface area contributed by atoms with Crippen LogP contribution in [0.2, 0.25) is 0 Å². The van der Waals surface area contributed by atoms with Crippen molar-refractivity contribution < 1.29 is 4.74 Å². The minimum atomic E-state index is 0.581. The van der Waals surface area contributed by atoms with Gasteiger partial charge in [-0.05, 0) is 18.7 Å². The summed E-state index contributed by atoms with van der Waals surface area (Å²) in [6.45, 7) is 2.01. The van der Waals surface area contributed by atoms with E-state index in [0.717, 1.165) is 13.2 Å². The maximum Gasteiger partial charge on any atom is 0.0623 e. The lowest BCUT2D eigenvalue weighted by atomic mass is 10.3. The third-order valence-electron chi connectivity index (χ3n) is 1.59. The summed E-state index contributed by atoms with van der Waals surface area (Å²) in [5, 5.41) is 3.44. The molecule has 0 aromatic heterocycles. The van der Waals surface area contributed by atoms with Gasteiger partial charge in [0, 0.05) is 18.9 Å². The lowest BCUT2D eigenvalue weighted by Gasteiger charge is -2.12. The van der Waals surface area contributed by atoms with Crippen LogP contribution in [-0.4, -0.2) is 37.8 Å². The van der Waals surface area contributed by atoms with Crippen molar-refractivity contribution in [1.29, 1.82) is 0 Å². The molecule has 1 rings (SSSR count). The van der Waals surface area contributed by atoms with Gasteiger partial charge in [0.25, 0.3) is 0 Å². The average Bonchev–Trinajstić information content (AvgIpc) is 2.17. The van der Waals surface area contributed by atoms with E-state index in [1.54, 1.807) is 7.11 Å². The Hall–Kier alpha value is 0.270. The van der Waals surface area contributed by atoms with Gasteiger partial charge >= 0.3 is 0 Å². The predicted octanol–water partition coefficient (Wildman–Crippen LogP) is 0.728. The summed E-state index contributed by atoms with van der Waals surface area (Å²) >= 11 is 2.02. The second kappa shape index (κ2) is 4.99. The van der Waals surface area contributed by atoms with Crippen molar-refractivity contribution in [3.8, 4) is 0 Å². The zero-order chi connectivity index (χ0) is 7.23. The summed E-state index contributed by atoms with van der Waals surface area (Å²) in [4.78, 5) is 0. The number of methoxy groups -OCH3 is 1. The molecule has 10 heavy (non-hydrogen) atoms. The lowest BCUT2D eigenvalue weighted by molar-refractivity contribution is 0.174. The molecule has 60 valence electrons. The summed E-state index contributed by atoms with van der Waals surface area (Å²) in [6.07, 6.45) is 1.30. The van der Waals surface area contributed by atoms with Crippen LogP contribution in [-0.2, 0) is 4.74 Å². The number of nitrogens with one attached hydrogen (secondary N) is 1. The highest BCUT2D eigenvalue weighted by molar-refractivity contribution is 7.99. The molecule has 0 aliphatic carbocycles. The van der Waals surface area contributed by atoms with Gasteiger partial charge in [-0.2, -0.15) is 11.8 Å². The molecule has 0 aromatic carbocycles. The molecule has 2 nitrogen and oxygen atoms in total. The van der Waals surface area contributed by atoms with E-state index in [9.17, 15) is 0 Å². The normalized spacial score (nSPS) is 27.9. The summed E-state index contributed by atoms with van der Waals surface area (Å²) in [6, 6.07) is 0.581. The molecule has 0 radical (unpaired) electrons. The molecule has 0 bridgehead atoms. The van der Waals surface area contributed by atoms with Crippen LogP contribution < -0.4 is 5.32 Å². The van der Waals surface area contributed by atoms with Crippen molar-refractivity contribution in [3.63, 3.8) is 0 Å². The Morgan fingerprint density at radius 2 is 2.60 bits per heavy atom. The summed E-state index contributed by atoms with van der Waals surface area (Å²) in [5.41, 5.74) is 0. The van der Waals surface area contributed by atoms with Crippen molar-refractivity contribution >= 4 is 11.8 Å². The van der Waals surface area contributed by atoms with E-state index in [4.69, 9.17) is 4.74 Å². The molecule has 1 fully saturated rings. The lowest BCUT2D eigenvalue weighted by Crippen LogP contribution is -2.34. The molecule has 1 heterocycles. The molecule has 1 saturated heterocycles. The second-order valence-corrected chi connectivity index (χ2v) is 3.68. The zero-order valence-corrected chi connectivity index (χ0v) is 7.25. The Bertz CT molecular complexity index is 81.7. The molecule has 3 heteroatoms. The van der Waals surface area contributed by atoms with Crippen LogP contribution in [0.3, 0.4) is 0 Å². The van der Waals surface area contributed by atoms with Crippen LogP contribution in [0.5, 0.6) is 0 Å². The van der Waals surface area contributed by atoms with Crippen LogP contribution in [0.1, 0.15) is 6.42 Å². The second-order valence-electron chi connectivity index (χ2n) is 2.53. The van der Waals surface area contributed by atoms with Gasteiger partial charge in [-0.25, -0.2) is 0 Å². The first-order chi connectivity index (χ1) is 4.93. The number of thioether (sulfide) groups is 1. The van der Waals surface area contributed by atoms with Crippen LogP contribution in [0.15, 0.2) is 0 Å². The molecule has 1 aliphatic heterocycles. The van der Waals surface area contributed by atoms with Gasteiger partial charge < -0.3 is 10.1 Å². The van der Waals surface area contributed by atoms with Crippen molar-refractivity contribution in [2.45, 2.75) is 12.5 Å². The first-order valence-electron chi connectivity index (χ1n) is 3.73. The first kappa shape index (κ1) is 8.37. The van der Waals surface area contributed by atoms with Crippen LogP contribution in [0.25, 0.3) is 0 Å². The Kier molecular flexibility index (Phi) is 4.18. The Morgan fingerprint density at radius 1 is 1.70 bits per heavy atom. The first-order valence-corrected chi connectivity index (χ1v) is 4.89. The van der Waals surface area contributed by atoms with Crippen LogP contribution >= 0.6 is 11.8 Å². The molecular weight excluding hydrogens is 146 g/mol. The molecule has 1 N–H and O–H groups in total. The Balaban J connectivity index is 2.15. The van der Waals surface area contributed by atoms with E-state index >= 15 is 0 Å². The SMILES string of the molecule is COCC1CSCCCN1. The summed E-state index contributed by atoms with van der Waals surface area (Å²) in [5.74, 6) is 2.50. The molecule has 0 amide bonds. The van der Waals surface area contributed by atoms with Crippen LogP contribution in [0.4, 0.5) is 0 Å². The standard InChI is InChI=1S/C7H15NOS/c1-9-5-7-6-10-4-2-3-8-7/h7-8H,2-6H2,1H3. The number of ether oxygens (including phenoxy) is 1. The maximum absolute atomic E-state index is 5.06. The van der Waals surface area contributed by atoms with E-state index in [1.165, 1.54) is 17.9 Å². The van der Waals surface area contributed by atoms with E-state index in [2.05, 4.69) is 5.32 Å². The zero-order valence-electron chi connectivity index (χ0n) is 6.43. The Labute approximate surface area is 66.7 Å². The molecule has 0 spiro atoms. The average molecular weight is 161 g/mol. The van der Waals surface area contributed by atoms with Crippen molar-refractivity contribution in [2.24, 2.45) is 0 Å². The van der Waals surface area contributed by atoms with E-state index in [-0.39, 0.29) is 0 Å². The maximum atomic E-state index is 5.06. The quantitative estimate of drug-likeness (QED) is 0.645. The summed E-state index contributed by atoms with van der Waals surface area (Å²) in [7, 11) is 1.76. The van der Waals surface area contributed by atoms with Crippen molar-refractivity contribution in [1.82, 2.24) is 5.32 Å². The number of hydrogen-bond donors (Lipinski definition) is 1. The molecule has 1 aliphatic rings. The van der Waals surface area contributed by atoms with Crippen LogP contribution in [0, 0.1) is 0 Å². The van der Waals surface area contributed by atoms with Gasteiger partial charge in [0.1, 0.15) is 0 Å². The highest BCUT2D eigenvalue weighted by atomic mass is 32.2. The number of hydrogen-bond acceptors (Lipinski definition) is 3. The minimum absolute atomic E-state index is 0.581. The monoisotopic (exact) mass is 161 g/mol. The van der Waals surface area contributed by atoms with Gasteiger partial charge in [0.05, 0.1) is 6.61 Å². The predicted molar refractivity (Wildman–Crippen MR) is 45.6 cm³/mol. The van der Waals surface area contributed by atoms with Crippen molar-refractivity contribution in [3.05, 3.63) is 0 Å². The third-order valence-corrected chi connectivity index (χ3v) is 2.80. The fourth-order valence-corrected chi connectivity index (χ4v) is 2.09. The molecule has 1 atom stereocenters. The van der Waals surface area contributed by atoms with Gasteiger partial charge in [0.15, 0.2) is 0 Å². The van der Waals surface area contributed by atoms with Gasteiger partial charge in [-0.3, -0.25) is 0 Å². The number of rotatable bonds is 2. The van der Waals surface area contributed by atoms with Gasteiger partial charge in [0.2, 0.25) is 0 Å². The largest absolute Gasteiger partial charge is 0.383 e. The van der Waals surface area contributed by atoms with Crippen molar-refractivity contribution in [2.75, 3.05) is 31.8 Å². The molecule has 1 unspecified atom stereocenters. The summed E-state index contributed by atoms with van der Waals surface area (Å²) < 4.78 is 5.06. The molecular formula is C7H15NOS. The van der Waals surface area contributed by atoms with E-state index < -0.39 is 0 Å². The highest BCUT2D eigenvalue weighted by Gasteiger charge is 2.09. The van der Waals surface area contributed by atoms with Gasteiger partial charge in [-0.1, -0.05) is 0 Å². The minimum Gasteiger partial charge on any atom is -0.383 e. The molecule has 0 saturated carbocycles. The fourth-order valence-electron chi connectivity index (χ4n) is 1.07. The Morgan fingerprint density at radius 3 is 3.40 bits per heavy atom.